The van der Waals surface area contributed by atoms with Gasteiger partial charge in [-0.15, -0.1) is 0 Å². The van der Waals surface area contributed by atoms with E-state index in [0.29, 0.717) is 12.5 Å². The van der Waals surface area contributed by atoms with Crippen molar-refractivity contribution >= 4 is 29.2 Å². The number of carbonyl (C=O) groups is 1. The van der Waals surface area contributed by atoms with Gasteiger partial charge in [0.15, 0.2) is 0 Å². The normalized spacial score (nSPS) is 24.4. The Morgan fingerprint density at radius 2 is 1.91 bits per heavy atom. The number of hydrogen-bond acceptors (Lipinski definition) is 8. The summed E-state index contributed by atoms with van der Waals surface area (Å²) in [6.45, 7) is 4.89. The van der Waals surface area contributed by atoms with Gasteiger partial charge in [0.25, 0.3) is 0 Å². The quantitative estimate of drug-likeness (QED) is 0.736. The fraction of sp³-hybridized carbons (Fsp3) is 0.583. The van der Waals surface area contributed by atoms with Gasteiger partial charge in [-0.25, -0.2) is 9.97 Å². The number of aromatic nitrogens is 3. The predicted octanol–water partition coefficient (Wildman–Crippen LogP) is 1.93. The van der Waals surface area contributed by atoms with Crippen LogP contribution in [0.2, 0.25) is 0 Å². The molecule has 0 bridgehead atoms. The maximum absolute atomic E-state index is 12.7. The van der Waals surface area contributed by atoms with Crippen LogP contribution in [0.3, 0.4) is 0 Å². The van der Waals surface area contributed by atoms with E-state index in [0.717, 1.165) is 74.7 Å². The molecule has 2 saturated heterocycles. The third kappa shape index (κ3) is 3.68. The summed E-state index contributed by atoms with van der Waals surface area (Å²) in [5.41, 5.74) is 2.27. The minimum absolute atomic E-state index is 0.0121. The van der Waals surface area contributed by atoms with E-state index < -0.39 is 0 Å². The lowest BCUT2D eigenvalue weighted by atomic mass is 9.85. The van der Waals surface area contributed by atoms with Crippen molar-refractivity contribution < 1.29 is 4.79 Å². The number of piperazine rings is 2. The van der Waals surface area contributed by atoms with E-state index in [-0.39, 0.29) is 17.5 Å². The van der Waals surface area contributed by atoms with E-state index in [2.05, 4.69) is 48.4 Å². The van der Waals surface area contributed by atoms with Crippen LogP contribution < -0.4 is 20.4 Å². The van der Waals surface area contributed by atoms with Crippen LogP contribution in [0.25, 0.3) is 0 Å². The topological polar surface area (TPSA) is 89.5 Å². The van der Waals surface area contributed by atoms with E-state index in [4.69, 9.17) is 4.98 Å². The van der Waals surface area contributed by atoms with Gasteiger partial charge < -0.3 is 25.3 Å². The van der Waals surface area contributed by atoms with Gasteiger partial charge in [0.05, 0.1) is 17.4 Å². The van der Waals surface area contributed by atoms with Gasteiger partial charge in [0.1, 0.15) is 17.7 Å². The largest absolute Gasteiger partial charge is 0.368 e. The lowest BCUT2D eigenvalue weighted by molar-refractivity contribution is -0.125. The summed E-state index contributed by atoms with van der Waals surface area (Å²) in [5, 5.41) is 6.47. The van der Waals surface area contributed by atoms with Gasteiger partial charge in [-0.1, -0.05) is 12.8 Å². The number of aryl methyl sites for hydroxylation is 1. The highest BCUT2D eigenvalue weighted by atomic mass is 16.2. The predicted molar refractivity (Wildman–Crippen MR) is 128 cm³/mol. The molecule has 1 atom stereocenters. The molecule has 2 aromatic heterocycles. The first kappa shape index (κ1) is 20.7. The second-order valence-electron chi connectivity index (χ2n) is 9.93. The molecular weight excluding hydrogens is 416 g/mol. The fourth-order valence-electron chi connectivity index (χ4n) is 5.95. The maximum Gasteiger partial charge on any atom is 0.242 e. The molecule has 174 valence electrons. The average Bonchev–Trinajstić information content (AvgIpc) is 3.31. The molecule has 2 aromatic rings. The van der Waals surface area contributed by atoms with Crippen molar-refractivity contribution in [2.24, 2.45) is 0 Å². The summed E-state index contributed by atoms with van der Waals surface area (Å²) >= 11 is 0. The Hall–Kier alpha value is -2.94. The zero-order valence-electron chi connectivity index (χ0n) is 19.3. The Kier molecular flexibility index (Phi) is 5.09. The number of fused-ring (bicyclic) bond motifs is 4. The number of amides is 1. The van der Waals surface area contributed by atoms with Crippen molar-refractivity contribution in [3.63, 3.8) is 0 Å². The Bertz CT molecular complexity index is 1030. The molecule has 0 aromatic carbocycles. The summed E-state index contributed by atoms with van der Waals surface area (Å²) in [6, 6.07) is 3.97. The molecule has 5 heterocycles. The van der Waals surface area contributed by atoms with Crippen molar-refractivity contribution in [3.8, 4) is 0 Å². The molecule has 1 amide bonds. The molecule has 1 aliphatic carbocycles. The molecule has 9 nitrogen and oxygen atoms in total. The number of carbonyl (C=O) groups excluding carboxylic acids is 1. The third-order valence-corrected chi connectivity index (χ3v) is 7.86. The van der Waals surface area contributed by atoms with E-state index in [9.17, 15) is 4.79 Å². The van der Waals surface area contributed by atoms with Gasteiger partial charge in [0.2, 0.25) is 11.9 Å². The van der Waals surface area contributed by atoms with E-state index in [1.165, 1.54) is 12.8 Å². The highest BCUT2D eigenvalue weighted by Crippen LogP contribution is 2.44. The molecular formula is C24H32N8O. The Morgan fingerprint density at radius 3 is 2.67 bits per heavy atom. The molecule has 0 radical (unpaired) electrons. The van der Waals surface area contributed by atoms with Crippen molar-refractivity contribution in [1.82, 2.24) is 25.2 Å². The molecule has 2 N–H and O–H groups in total. The zero-order chi connectivity index (χ0) is 22.4. The number of pyridine rings is 1. The highest BCUT2D eigenvalue weighted by molar-refractivity contribution is 5.88. The van der Waals surface area contributed by atoms with Crippen LogP contribution in [0.4, 0.5) is 23.3 Å². The lowest BCUT2D eigenvalue weighted by Gasteiger charge is -2.52. The molecule has 3 aliphatic heterocycles. The Balaban J connectivity index is 1.24. The van der Waals surface area contributed by atoms with Crippen LogP contribution in [-0.4, -0.2) is 77.1 Å². The smallest absolute Gasteiger partial charge is 0.242 e. The average molecular weight is 449 g/mol. The Labute approximate surface area is 194 Å². The Morgan fingerprint density at radius 1 is 1.09 bits per heavy atom. The minimum Gasteiger partial charge on any atom is -0.368 e. The number of nitrogens with one attached hydrogen (secondary N) is 2. The van der Waals surface area contributed by atoms with Gasteiger partial charge >= 0.3 is 0 Å². The molecule has 33 heavy (non-hydrogen) atoms. The molecule has 3 fully saturated rings. The monoisotopic (exact) mass is 448 g/mol. The fourth-order valence-corrected chi connectivity index (χ4v) is 5.95. The highest BCUT2D eigenvalue weighted by Gasteiger charge is 2.51. The van der Waals surface area contributed by atoms with Crippen LogP contribution >= 0.6 is 0 Å². The molecule has 9 heteroatoms. The minimum atomic E-state index is -0.131. The molecule has 4 aliphatic rings. The number of hydrogen-bond donors (Lipinski definition) is 2. The molecule has 6 rings (SSSR count). The lowest BCUT2D eigenvalue weighted by Crippen LogP contribution is -2.68. The van der Waals surface area contributed by atoms with E-state index in [1.54, 1.807) is 0 Å². The zero-order valence-corrected chi connectivity index (χ0v) is 19.3. The summed E-state index contributed by atoms with van der Waals surface area (Å²) in [6.07, 6.45) is 10.1. The maximum atomic E-state index is 12.7. The number of anilines is 4. The van der Waals surface area contributed by atoms with Gasteiger partial charge in [-0.3, -0.25) is 4.79 Å². The van der Waals surface area contributed by atoms with Gasteiger partial charge in [0, 0.05) is 44.5 Å². The second-order valence-corrected chi connectivity index (χ2v) is 9.93. The van der Waals surface area contributed by atoms with Crippen molar-refractivity contribution in [2.75, 3.05) is 54.9 Å². The molecule has 1 unspecified atom stereocenters. The second kappa shape index (κ2) is 8.13. The number of rotatable bonds is 3. The van der Waals surface area contributed by atoms with Crippen molar-refractivity contribution in [1.29, 1.82) is 0 Å². The third-order valence-electron chi connectivity index (χ3n) is 7.86. The standard InChI is InChI=1S/C24H32N8O/c1-30-10-12-31(13-11-30)18-5-7-20(25-15-18)28-23-26-14-17-4-6-19-22(33)27-16-24(8-2-3-9-24)32(19)21(17)29-23/h5,7,14-15,19H,2-4,6,8-13,16H2,1H3,(H,27,33)(H,25,26,28,29). The van der Waals surface area contributed by atoms with E-state index in [1.807, 2.05) is 18.5 Å². The van der Waals surface area contributed by atoms with Crippen molar-refractivity contribution in [2.45, 2.75) is 50.1 Å². The van der Waals surface area contributed by atoms with Gasteiger partial charge in [-0.05, 0) is 44.9 Å². The first-order valence-electron chi connectivity index (χ1n) is 12.2. The summed E-state index contributed by atoms with van der Waals surface area (Å²) in [4.78, 5) is 33.9. The van der Waals surface area contributed by atoms with Gasteiger partial charge in [-0.2, -0.15) is 4.98 Å². The number of likely N-dealkylation sites (N-methyl/N-ethyl adjacent to an activating group) is 1. The summed E-state index contributed by atoms with van der Waals surface area (Å²) in [5.74, 6) is 2.32. The van der Waals surface area contributed by atoms with Crippen LogP contribution in [0.5, 0.6) is 0 Å². The number of nitrogens with zero attached hydrogens (tertiary/aromatic N) is 6. The first-order chi connectivity index (χ1) is 16.1. The van der Waals surface area contributed by atoms with E-state index >= 15 is 0 Å². The first-order valence-corrected chi connectivity index (χ1v) is 12.2. The summed E-state index contributed by atoms with van der Waals surface area (Å²) < 4.78 is 0. The van der Waals surface area contributed by atoms with Crippen LogP contribution in [0.1, 0.15) is 37.7 Å². The molecule has 1 saturated carbocycles. The van der Waals surface area contributed by atoms with Crippen LogP contribution in [0, 0.1) is 0 Å². The van der Waals surface area contributed by atoms with Crippen LogP contribution in [-0.2, 0) is 11.2 Å². The van der Waals surface area contributed by atoms with Crippen molar-refractivity contribution in [3.05, 3.63) is 30.1 Å². The summed E-state index contributed by atoms with van der Waals surface area (Å²) in [7, 11) is 2.16. The molecule has 1 spiro atoms. The SMILES string of the molecule is CN1CCN(c2ccc(Nc3ncc4c(n3)N3C(CC4)C(=O)NCC34CCCC4)nc2)CC1. The van der Waals surface area contributed by atoms with Crippen LogP contribution in [0.15, 0.2) is 24.5 Å².